The van der Waals surface area contributed by atoms with Gasteiger partial charge in [0.15, 0.2) is 0 Å². The molecule has 1 aliphatic rings. The quantitative estimate of drug-likeness (QED) is 0.371. The van der Waals surface area contributed by atoms with Crippen molar-refractivity contribution >= 4 is 40.9 Å². The van der Waals surface area contributed by atoms with Crippen LogP contribution < -0.4 is 10.6 Å². The normalized spacial score (nSPS) is 15.3. The standard InChI is InChI=1S/C28H30ClN3O3S/c1-5-9-23-26(28(34)35-6-2)25(20-10-7-8-11-22(20)29)21(15-30)27(32-23)36-16-24(33)31-19-13-12-17(3)18(4)14-19/h7-8,10-14,25,32H,5-6,9,16H2,1-4H3,(H,31,33)/t25-/m1/s1. The van der Waals surface area contributed by atoms with E-state index in [4.69, 9.17) is 16.3 Å². The summed E-state index contributed by atoms with van der Waals surface area (Å²) in [5.74, 6) is -1.29. The number of hydrogen-bond donors (Lipinski definition) is 2. The number of rotatable bonds is 9. The van der Waals surface area contributed by atoms with Crippen LogP contribution in [-0.4, -0.2) is 24.2 Å². The average Bonchev–Trinajstić information content (AvgIpc) is 2.85. The number of allylic oxidation sites excluding steroid dienone is 2. The molecule has 1 aliphatic heterocycles. The highest BCUT2D eigenvalue weighted by Crippen LogP contribution is 2.44. The monoisotopic (exact) mass is 523 g/mol. The van der Waals surface area contributed by atoms with Crippen molar-refractivity contribution < 1.29 is 14.3 Å². The molecule has 0 fully saturated rings. The van der Waals surface area contributed by atoms with E-state index in [0.29, 0.717) is 38.9 Å². The smallest absolute Gasteiger partial charge is 0.336 e. The van der Waals surface area contributed by atoms with Crippen LogP contribution in [0.3, 0.4) is 0 Å². The largest absolute Gasteiger partial charge is 0.463 e. The number of aryl methyl sites for hydroxylation is 2. The minimum Gasteiger partial charge on any atom is -0.463 e. The summed E-state index contributed by atoms with van der Waals surface area (Å²) in [7, 11) is 0. The molecule has 2 N–H and O–H groups in total. The van der Waals surface area contributed by atoms with Crippen LogP contribution in [0.2, 0.25) is 5.02 Å². The van der Waals surface area contributed by atoms with Crippen molar-refractivity contribution in [1.82, 2.24) is 5.32 Å². The Kier molecular flexibility index (Phi) is 9.63. The van der Waals surface area contributed by atoms with Crippen molar-refractivity contribution in [3.05, 3.63) is 86.0 Å². The molecule has 1 heterocycles. The van der Waals surface area contributed by atoms with E-state index in [0.717, 1.165) is 23.2 Å². The van der Waals surface area contributed by atoms with E-state index in [1.165, 1.54) is 11.8 Å². The first-order valence-corrected chi connectivity index (χ1v) is 13.2. The zero-order chi connectivity index (χ0) is 26.2. The summed E-state index contributed by atoms with van der Waals surface area (Å²) in [5.41, 5.74) is 4.99. The molecule has 2 aromatic carbocycles. The number of halogens is 1. The Balaban J connectivity index is 1.96. The number of ether oxygens (including phenoxy) is 1. The Morgan fingerprint density at radius 2 is 1.92 bits per heavy atom. The molecule has 0 aliphatic carbocycles. The van der Waals surface area contributed by atoms with E-state index in [1.807, 2.05) is 51.1 Å². The number of nitrogens with zero attached hydrogens (tertiary/aromatic N) is 1. The van der Waals surface area contributed by atoms with Gasteiger partial charge in [-0.05, 0) is 62.1 Å². The highest BCUT2D eigenvalue weighted by Gasteiger charge is 2.37. The summed E-state index contributed by atoms with van der Waals surface area (Å²) < 4.78 is 5.38. The Morgan fingerprint density at radius 1 is 1.17 bits per heavy atom. The first-order valence-electron chi connectivity index (χ1n) is 11.9. The Morgan fingerprint density at radius 3 is 2.56 bits per heavy atom. The number of thioether (sulfide) groups is 1. The van der Waals surface area contributed by atoms with Crippen molar-refractivity contribution in [3.63, 3.8) is 0 Å². The molecule has 0 saturated carbocycles. The van der Waals surface area contributed by atoms with Crippen LogP contribution in [0.1, 0.15) is 49.3 Å². The van der Waals surface area contributed by atoms with E-state index >= 15 is 0 Å². The molecular formula is C28H30ClN3O3S. The van der Waals surface area contributed by atoms with Crippen molar-refractivity contribution in [1.29, 1.82) is 5.26 Å². The fourth-order valence-corrected chi connectivity index (χ4v) is 5.13. The van der Waals surface area contributed by atoms with Gasteiger partial charge in [-0.1, -0.05) is 61.0 Å². The van der Waals surface area contributed by atoms with Gasteiger partial charge >= 0.3 is 5.97 Å². The number of anilines is 1. The summed E-state index contributed by atoms with van der Waals surface area (Å²) in [6.45, 7) is 7.98. The van der Waals surface area contributed by atoms with Gasteiger partial charge in [-0.3, -0.25) is 4.79 Å². The first-order chi connectivity index (χ1) is 17.3. The average molecular weight is 524 g/mol. The number of carbonyl (C=O) groups is 2. The first kappa shape index (κ1) is 27.4. The van der Waals surface area contributed by atoms with Gasteiger partial charge in [0.2, 0.25) is 5.91 Å². The van der Waals surface area contributed by atoms with E-state index in [1.54, 1.807) is 19.1 Å². The molecule has 188 valence electrons. The predicted octanol–water partition coefficient (Wildman–Crippen LogP) is 6.37. The van der Waals surface area contributed by atoms with Crippen LogP contribution in [0.4, 0.5) is 5.69 Å². The summed E-state index contributed by atoms with van der Waals surface area (Å²) >= 11 is 7.77. The summed E-state index contributed by atoms with van der Waals surface area (Å²) in [4.78, 5) is 25.8. The van der Waals surface area contributed by atoms with E-state index in [-0.39, 0.29) is 18.3 Å². The number of nitriles is 1. The fourth-order valence-electron chi connectivity index (χ4n) is 4.02. The maximum absolute atomic E-state index is 13.1. The molecule has 0 bridgehead atoms. The number of esters is 1. The van der Waals surface area contributed by atoms with Crippen LogP contribution >= 0.6 is 23.4 Å². The number of hydrogen-bond acceptors (Lipinski definition) is 6. The third-order valence-corrected chi connectivity index (χ3v) is 7.24. The molecule has 2 aromatic rings. The molecule has 6 nitrogen and oxygen atoms in total. The molecule has 1 amide bonds. The molecule has 3 rings (SSSR count). The van der Waals surface area contributed by atoms with Crippen LogP contribution in [0.15, 0.2) is 64.3 Å². The predicted molar refractivity (Wildman–Crippen MR) is 146 cm³/mol. The fraction of sp³-hybridized carbons (Fsp3) is 0.321. The zero-order valence-corrected chi connectivity index (χ0v) is 22.5. The Labute approximate surface area is 221 Å². The molecule has 0 radical (unpaired) electrons. The van der Waals surface area contributed by atoms with Crippen molar-refractivity contribution in [2.45, 2.75) is 46.5 Å². The van der Waals surface area contributed by atoms with Gasteiger partial charge in [-0.15, -0.1) is 0 Å². The molecule has 0 unspecified atom stereocenters. The third-order valence-electron chi connectivity index (χ3n) is 5.88. The molecule has 8 heteroatoms. The van der Waals surface area contributed by atoms with Gasteiger partial charge in [0.25, 0.3) is 0 Å². The number of carbonyl (C=O) groups excluding carboxylic acids is 2. The van der Waals surface area contributed by atoms with Crippen molar-refractivity contribution in [3.8, 4) is 6.07 Å². The number of benzene rings is 2. The lowest BCUT2D eigenvalue weighted by Crippen LogP contribution is -2.30. The number of amides is 1. The van der Waals surface area contributed by atoms with Crippen LogP contribution in [0.5, 0.6) is 0 Å². The topological polar surface area (TPSA) is 91.2 Å². The Hall–Kier alpha value is -3.21. The molecular weight excluding hydrogens is 494 g/mol. The zero-order valence-electron chi connectivity index (χ0n) is 20.9. The van der Waals surface area contributed by atoms with E-state index in [2.05, 4.69) is 16.7 Å². The van der Waals surface area contributed by atoms with Gasteiger partial charge in [0.05, 0.1) is 40.5 Å². The Bertz CT molecular complexity index is 1260. The molecule has 36 heavy (non-hydrogen) atoms. The van der Waals surface area contributed by atoms with Crippen molar-refractivity contribution in [2.24, 2.45) is 0 Å². The minimum absolute atomic E-state index is 0.0871. The van der Waals surface area contributed by atoms with Crippen LogP contribution in [-0.2, 0) is 14.3 Å². The van der Waals surface area contributed by atoms with Gasteiger partial charge < -0.3 is 15.4 Å². The molecule has 1 atom stereocenters. The number of dihydropyridines is 1. The molecule has 0 saturated heterocycles. The summed E-state index contributed by atoms with van der Waals surface area (Å²) in [6, 6.07) is 15.2. The van der Waals surface area contributed by atoms with Gasteiger partial charge in [-0.25, -0.2) is 4.79 Å². The number of nitrogens with one attached hydrogen (secondary N) is 2. The second kappa shape index (κ2) is 12.7. The van der Waals surface area contributed by atoms with E-state index in [9.17, 15) is 14.9 Å². The van der Waals surface area contributed by atoms with Crippen molar-refractivity contribution in [2.75, 3.05) is 17.7 Å². The summed E-state index contributed by atoms with van der Waals surface area (Å²) in [6.07, 6.45) is 1.35. The molecule has 0 spiro atoms. The van der Waals surface area contributed by atoms with Gasteiger partial charge in [-0.2, -0.15) is 5.26 Å². The van der Waals surface area contributed by atoms with Crippen LogP contribution in [0.25, 0.3) is 0 Å². The lowest BCUT2D eigenvalue weighted by Gasteiger charge is -2.31. The van der Waals surface area contributed by atoms with E-state index < -0.39 is 11.9 Å². The third kappa shape index (κ3) is 6.31. The van der Waals surface area contributed by atoms with Gasteiger partial charge in [0.1, 0.15) is 0 Å². The van der Waals surface area contributed by atoms with Gasteiger partial charge in [0, 0.05) is 16.4 Å². The SMILES string of the molecule is CCCC1=C(C(=O)OCC)[C@H](c2ccccc2Cl)C(C#N)=C(SCC(=O)Nc2ccc(C)c(C)c2)N1. The van der Waals surface area contributed by atoms with Crippen LogP contribution in [0, 0.1) is 25.2 Å². The maximum Gasteiger partial charge on any atom is 0.336 e. The maximum atomic E-state index is 13.1. The highest BCUT2D eigenvalue weighted by molar-refractivity contribution is 8.03. The molecule has 0 aromatic heterocycles. The summed E-state index contributed by atoms with van der Waals surface area (Å²) in [5, 5.41) is 17.4. The highest BCUT2D eigenvalue weighted by atomic mass is 35.5. The lowest BCUT2D eigenvalue weighted by atomic mass is 9.81. The minimum atomic E-state index is -0.698. The second-order valence-corrected chi connectivity index (χ2v) is 9.83. The second-order valence-electron chi connectivity index (χ2n) is 8.43. The lowest BCUT2D eigenvalue weighted by molar-refractivity contribution is -0.138.